The van der Waals surface area contributed by atoms with Crippen molar-refractivity contribution in [1.82, 2.24) is 9.36 Å². The molecule has 1 saturated carbocycles. The van der Waals surface area contributed by atoms with Crippen molar-refractivity contribution < 1.29 is 4.74 Å². The Morgan fingerprint density at radius 2 is 2.10 bits per heavy atom. The van der Waals surface area contributed by atoms with Crippen LogP contribution in [0.1, 0.15) is 59.2 Å². The molecule has 0 radical (unpaired) electrons. The maximum atomic E-state index is 6.10. The number of anilines is 1. The molecule has 2 rings (SSSR count). The van der Waals surface area contributed by atoms with Gasteiger partial charge in [0.15, 0.2) is 5.82 Å². The molecule has 1 fully saturated rings. The van der Waals surface area contributed by atoms with E-state index in [2.05, 4.69) is 37.4 Å². The normalized spacial score (nSPS) is 26.9. The summed E-state index contributed by atoms with van der Waals surface area (Å²) in [5, 5.41) is 4.28. The van der Waals surface area contributed by atoms with E-state index in [4.69, 9.17) is 9.72 Å². The fraction of sp³-hybridized carbons (Fsp3) is 0.867. The molecule has 0 spiro atoms. The zero-order valence-corrected chi connectivity index (χ0v) is 13.9. The summed E-state index contributed by atoms with van der Waals surface area (Å²) in [6, 6.07) is 0. The van der Waals surface area contributed by atoms with Crippen molar-refractivity contribution in [3.8, 4) is 0 Å². The van der Waals surface area contributed by atoms with Crippen LogP contribution in [0.15, 0.2) is 0 Å². The first-order valence-corrected chi connectivity index (χ1v) is 8.55. The third-order valence-electron chi connectivity index (χ3n) is 4.00. The van der Waals surface area contributed by atoms with Gasteiger partial charge in [-0.3, -0.25) is 0 Å². The van der Waals surface area contributed by atoms with E-state index in [1.807, 2.05) is 0 Å². The Bertz CT molecular complexity index is 411. The highest BCUT2D eigenvalue weighted by atomic mass is 32.1. The van der Waals surface area contributed by atoms with E-state index in [0.717, 1.165) is 42.9 Å². The monoisotopic (exact) mass is 297 g/mol. The molecule has 1 aliphatic rings. The number of ether oxygens (including phenoxy) is 1. The summed E-state index contributed by atoms with van der Waals surface area (Å²) in [5.41, 5.74) is -0.241. The van der Waals surface area contributed by atoms with Gasteiger partial charge in [0.2, 0.25) is 5.13 Å². The molecule has 1 aromatic rings. The smallest absolute Gasteiger partial charge is 0.202 e. The Kier molecular flexibility index (Phi) is 5.38. The molecule has 5 heteroatoms. The summed E-state index contributed by atoms with van der Waals surface area (Å²) in [4.78, 5) is 4.69. The highest BCUT2D eigenvalue weighted by molar-refractivity contribution is 7.09. The average molecular weight is 297 g/mol. The van der Waals surface area contributed by atoms with Crippen LogP contribution in [-0.4, -0.2) is 22.5 Å². The van der Waals surface area contributed by atoms with Gasteiger partial charge in [0, 0.05) is 24.7 Å². The number of hydrogen-bond acceptors (Lipinski definition) is 5. The zero-order valence-electron chi connectivity index (χ0n) is 13.1. The van der Waals surface area contributed by atoms with E-state index in [-0.39, 0.29) is 5.60 Å². The van der Waals surface area contributed by atoms with E-state index in [9.17, 15) is 0 Å². The fourth-order valence-electron chi connectivity index (χ4n) is 2.71. The predicted octanol–water partition coefficient (Wildman–Crippen LogP) is 4.05. The second-order valence-corrected chi connectivity index (χ2v) is 7.06. The van der Waals surface area contributed by atoms with Crippen molar-refractivity contribution in [3.63, 3.8) is 0 Å². The van der Waals surface area contributed by atoms with Crippen molar-refractivity contribution >= 4 is 16.7 Å². The van der Waals surface area contributed by atoms with Crippen LogP contribution in [0.4, 0.5) is 5.13 Å². The summed E-state index contributed by atoms with van der Waals surface area (Å²) >= 11 is 1.46. The van der Waals surface area contributed by atoms with Crippen LogP contribution >= 0.6 is 11.5 Å². The van der Waals surface area contributed by atoms with Crippen LogP contribution in [-0.2, 0) is 10.3 Å². The van der Waals surface area contributed by atoms with Crippen LogP contribution in [0.25, 0.3) is 0 Å². The Morgan fingerprint density at radius 1 is 1.40 bits per heavy atom. The minimum Gasteiger partial charge on any atom is -0.367 e. The zero-order chi connectivity index (χ0) is 14.6. The quantitative estimate of drug-likeness (QED) is 0.860. The molecule has 0 unspecified atom stereocenters. The molecule has 4 nitrogen and oxygen atoms in total. The third kappa shape index (κ3) is 3.70. The van der Waals surface area contributed by atoms with Gasteiger partial charge in [-0.2, -0.15) is 4.37 Å². The lowest BCUT2D eigenvalue weighted by atomic mass is 9.79. The average Bonchev–Trinajstić information content (AvgIpc) is 2.89. The van der Waals surface area contributed by atoms with Gasteiger partial charge in [-0.1, -0.05) is 20.8 Å². The Balaban J connectivity index is 2.09. The Labute approximate surface area is 126 Å². The van der Waals surface area contributed by atoms with Crippen molar-refractivity contribution in [2.45, 2.75) is 59.0 Å². The molecule has 1 N–H and O–H groups in total. The Hall–Kier alpha value is -0.680. The van der Waals surface area contributed by atoms with E-state index >= 15 is 0 Å². The van der Waals surface area contributed by atoms with Crippen molar-refractivity contribution in [1.29, 1.82) is 0 Å². The molecule has 0 atom stereocenters. The van der Waals surface area contributed by atoms with Gasteiger partial charge in [-0.05, 0) is 44.4 Å². The maximum Gasteiger partial charge on any atom is 0.202 e. The minimum absolute atomic E-state index is 0.241. The number of aromatic nitrogens is 2. The standard InChI is InChI=1S/C15H27N3OS/c1-5-19-15(8-6-12(4)7-9-15)13-17-14(20-18-13)16-10-11(2)3/h11-12H,5-10H2,1-4H3,(H,16,17,18). The molecule has 20 heavy (non-hydrogen) atoms. The summed E-state index contributed by atoms with van der Waals surface area (Å²) in [5.74, 6) is 2.29. The Morgan fingerprint density at radius 3 is 2.70 bits per heavy atom. The van der Waals surface area contributed by atoms with Crippen molar-refractivity contribution in [2.75, 3.05) is 18.5 Å². The van der Waals surface area contributed by atoms with Gasteiger partial charge in [-0.25, -0.2) is 4.98 Å². The molecular formula is C15H27N3OS. The summed E-state index contributed by atoms with van der Waals surface area (Å²) < 4.78 is 10.7. The number of rotatable bonds is 6. The van der Waals surface area contributed by atoms with Gasteiger partial charge in [0.25, 0.3) is 0 Å². The van der Waals surface area contributed by atoms with Gasteiger partial charge in [-0.15, -0.1) is 0 Å². The van der Waals surface area contributed by atoms with E-state index in [1.54, 1.807) is 0 Å². The van der Waals surface area contributed by atoms with E-state index < -0.39 is 0 Å². The van der Waals surface area contributed by atoms with E-state index in [0.29, 0.717) is 5.92 Å². The predicted molar refractivity (Wildman–Crippen MR) is 84.2 cm³/mol. The van der Waals surface area contributed by atoms with Gasteiger partial charge < -0.3 is 10.1 Å². The SMILES string of the molecule is CCOC1(c2nsc(NCC(C)C)n2)CCC(C)CC1. The topological polar surface area (TPSA) is 47.0 Å². The summed E-state index contributed by atoms with van der Waals surface area (Å²) in [6.45, 7) is 10.4. The molecule has 1 heterocycles. The third-order valence-corrected chi connectivity index (χ3v) is 4.67. The first kappa shape index (κ1) is 15.7. The molecule has 0 saturated heterocycles. The second kappa shape index (κ2) is 6.85. The van der Waals surface area contributed by atoms with Crippen LogP contribution in [0.2, 0.25) is 0 Å². The highest BCUT2D eigenvalue weighted by Gasteiger charge is 2.40. The fourth-order valence-corrected chi connectivity index (χ4v) is 3.36. The van der Waals surface area contributed by atoms with Crippen LogP contribution < -0.4 is 5.32 Å². The molecule has 0 amide bonds. The summed E-state index contributed by atoms with van der Waals surface area (Å²) in [7, 11) is 0. The van der Waals surface area contributed by atoms with Gasteiger partial charge in [0.1, 0.15) is 5.60 Å². The van der Waals surface area contributed by atoms with Crippen molar-refractivity contribution in [3.05, 3.63) is 5.82 Å². The largest absolute Gasteiger partial charge is 0.367 e. The first-order valence-electron chi connectivity index (χ1n) is 7.77. The molecular weight excluding hydrogens is 270 g/mol. The van der Waals surface area contributed by atoms with Crippen LogP contribution in [0.5, 0.6) is 0 Å². The number of nitrogens with one attached hydrogen (secondary N) is 1. The number of nitrogens with zero attached hydrogens (tertiary/aromatic N) is 2. The van der Waals surface area contributed by atoms with Gasteiger partial charge in [0.05, 0.1) is 0 Å². The second-order valence-electron chi connectivity index (χ2n) is 6.31. The maximum absolute atomic E-state index is 6.10. The lowest BCUT2D eigenvalue weighted by Gasteiger charge is -2.36. The molecule has 0 aromatic carbocycles. The molecule has 114 valence electrons. The van der Waals surface area contributed by atoms with Crippen LogP contribution in [0.3, 0.4) is 0 Å². The van der Waals surface area contributed by atoms with Crippen molar-refractivity contribution in [2.24, 2.45) is 11.8 Å². The molecule has 1 aliphatic carbocycles. The van der Waals surface area contributed by atoms with Crippen LogP contribution in [0, 0.1) is 11.8 Å². The lowest BCUT2D eigenvalue weighted by molar-refractivity contribution is -0.0829. The molecule has 1 aromatic heterocycles. The molecule has 0 aliphatic heterocycles. The minimum atomic E-state index is -0.241. The molecule has 0 bridgehead atoms. The van der Waals surface area contributed by atoms with Gasteiger partial charge >= 0.3 is 0 Å². The van der Waals surface area contributed by atoms with E-state index in [1.165, 1.54) is 24.4 Å². The lowest BCUT2D eigenvalue weighted by Crippen LogP contribution is -2.35. The first-order chi connectivity index (χ1) is 9.55. The highest BCUT2D eigenvalue weighted by Crippen LogP contribution is 2.42. The summed E-state index contributed by atoms with van der Waals surface area (Å²) in [6.07, 6.45) is 4.49. The number of hydrogen-bond donors (Lipinski definition) is 1.